The van der Waals surface area contributed by atoms with Crippen LogP contribution in [-0.2, 0) is 16.1 Å². The Labute approximate surface area is 240 Å². The van der Waals surface area contributed by atoms with Gasteiger partial charge in [-0.15, -0.1) is 0 Å². The normalized spacial score (nSPS) is 15.0. The molecular formula is C32H37N5O4. The van der Waals surface area contributed by atoms with Crippen molar-refractivity contribution in [3.63, 3.8) is 0 Å². The van der Waals surface area contributed by atoms with E-state index in [-0.39, 0.29) is 23.8 Å². The Bertz CT molecular complexity index is 1470. The minimum atomic E-state index is -0.319. The van der Waals surface area contributed by atoms with Crippen LogP contribution in [0.3, 0.4) is 0 Å². The zero-order valence-corrected chi connectivity index (χ0v) is 23.8. The third kappa shape index (κ3) is 6.69. The first-order valence-corrected chi connectivity index (χ1v) is 14.1. The Morgan fingerprint density at radius 2 is 1.41 bits per heavy atom. The molecule has 1 aliphatic rings. The Morgan fingerprint density at radius 3 is 1.98 bits per heavy atom. The second-order valence-electron chi connectivity index (χ2n) is 10.3. The van der Waals surface area contributed by atoms with Crippen LogP contribution in [0, 0.1) is 0 Å². The number of anilines is 2. The average Bonchev–Trinajstić information content (AvgIpc) is 3.38. The number of hydrogen-bond acceptors (Lipinski definition) is 7. The van der Waals surface area contributed by atoms with Crippen LogP contribution in [0.4, 0.5) is 11.4 Å². The van der Waals surface area contributed by atoms with Crippen LogP contribution >= 0.6 is 0 Å². The third-order valence-corrected chi connectivity index (χ3v) is 7.56. The number of ether oxygens (including phenoxy) is 2. The molecule has 41 heavy (non-hydrogen) atoms. The molecule has 0 spiro atoms. The molecule has 3 aromatic carbocycles. The van der Waals surface area contributed by atoms with Crippen molar-refractivity contribution in [2.75, 3.05) is 36.0 Å². The highest BCUT2D eigenvalue weighted by molar-refractivity contribution is 5.69. The molecule has 0 radical (unpaired) electrons. The molecule has 0 bridgehead atoms. The number of rotatable bonds is 10. The van der Waals surface area contributed by atoms with E-state index >= 15 is 0 Å². The van der Waals surface area contributed by atoms with E-state index in [1.807, 2.05) is 80.6 Å². The van der Waals surface area contributed by atoms with Crippen LogP contribution in [0.2, 0.25) is 0 Å². The lowest BCUT2D eigenvalue weighted by Gasteiger charge is -2.37. The third-order valence-electron chi connectivity index (χ3n) is 7.56. The van der Waals surface area contributed by atoms with Crippen LogP contribution in [0.25, 0.3) is 5.69 Å². The van der Waals surface area contributed by atoms with Crippen molar-refractivity contribution in [2.24, 2.45) is 0 Å². The fraction of sp³-hybridized carbons (Fsp3) is 0.344. The number of carbonyl (C=O) groups is 1. The maximum atomic E-state index is 13.3. The van der Waals surface area contributed by atoms with E-state index in [9.17, 15) is 9.59 Å². The van der Waals surface area contributed by atoms with E-state index in [1.54, 1.807) is 15.6 Å². The second kappa shape index (κ2) is 12.9. The van der Waals surface area contributed by atoms with Gasteiger partial charge in [0.15, 0.2) is 0 Å². The molecular weight excluding hydrogens is 518 g/mol. The van der Waals surface area contributed by atoms with Crippen molar-refractivity contribution in [3.05, 3.63) is 101 Å². The van der Waals surface area contributed by atoms with E-state index in [0.29, 0.717) is 12.4 Å². The molecule has 9 heteroatoms. The molecule has 1 fully saturated rings. The first-order chi connectivity index (χ1) is 19.9. The van der Waals surface area contributed by atoms with Crippen LogP contribution in [0.5, 0.6) is 5.75 Å². The zero-order valence-electron chi connectivity index (χ0n) is 23.8. The van der Waals surface area contributed by atoms with Gasteiger partial charge in [-0.1, -0.05) is 37.3 Å². The van der Waals surface area contributed by atoms with Gasteiger partial charge in [0, 0.05) is 44.5 Å². The Kier molecular flexibility index (Phi) is 8.84. The fourth-order valence-electron chi connectivity index (χ4n) is 5.28. The summed E-state index contributed by atoms with van der Waals surface area (Å²) in [5.74, 6) is 0.237. The SMILES string of the molecule is CC[C@H]([C@@H](C)OCc1ccccc1)n1ncn(-c2ccc(N3CCN(c4ccc(OC(C)=O)cc4)CC3)cc2)c1=O. The van der Waals surface area contributed by atoms with Crippen molar-refractivity contribution in [3.8, 4) is 11.4 Å². The van der Waals surface area contributed by atoms with Gasteiger partial charge in [-0.3, -0.25) is 4.79 Å². The molecule has 9 nitrogen and oxygen atoms in total. The summed E-state index contributed by atoms with van der Waals surface area (Å²) >= 11 is 0. The number of nitrogens with zero attached hydrogens (tertiary/aromatic N) is 5. The molecule has 1 aliphatic heterocycles. The van der Waals surface area contributed by atoms with Crippen LogP contribution < -0.4 is 20.2 Å². The quantitative estimate of drug-likeness (QED) is 0.205. The first kappa shape index (κ1) is 28.2. The van der Waals surface area contributed by atoms with Crippen LogP contribution in [0.15, 0.2) is 90.0 Å². The predicted molar refractivity (Wildman–Crippen MR) is 160 cm³/mol. The summed E-state index contributed by atoms with van der Waals surface area (Å²) in [6, 6.07) is 25.6. The number of piperazine rings is 1. The molecule has 0 unspecified atom stereocenters. The van der Waals surface area contributed by atoms with Gasteiger partial charge >= 0.3 is 11.7 Å². The largest absolute Gasteiger partial charge is 0.427 e. The molecule has 0 N–H and O–H groups in total. The Morgan fingerprint density at radius 1 is 0.854 bits per heavy atom. The van der Waals surface area contributed by atoms with E-state index in [0.717, 1.165) is 55.2 Å². The number of hydrogen-bond donors (Lipinski definition) is 0. The lowest BCUT2D eigenvalue weighted by Crippen LogP contribution is -2.46. The highest BCUT2D eigenvalue weighted by atomic mass is 16.5. The molecule has 2 atom stereocenters. The van der Waals surface area contributed by atoms with Gasteiger partial charge in [0.25, 0.3) is 0 Å². The highest BCUT2D eigenvalue weighted by Crippen LogP contribution is 2.24. The predicted octanol–water partition coefficient (Wildman–Crippen LogP) is 4.84. The van der Waals surface area contributed by atoms with E-state index < -0.39 is 0 Å². The maximum Gasteiger partial charge on any atom is 0.350 e. The minimum absolute atomic E-state index is 0.166. The van der Waals surface area contributed by atoms with E-state index in [2.05, 4.69) is 27.0 Å². The van der Waals surface area contributed by atoms with Gasteiger partial charge < -0.3 is 19.3 Å². The van der Waals surface area contributed by atoms with Gasteiger partial charge in [0.1, 0.15) is 12.1 Å². The monoisotopic (exact) mass is 555 g/mol. The number of carbonyl (C=O) groups excluding carboxylic acids is 1. The summed E-state index contributed by atoms with van der Waals surface area (Å²) in [4.78, 5) is 29.2. The fourth-order valence-corrected chi connectivity index (χ4v) is 5.28. The standard InChI is InChI=1S/C32H37N5O4/c1-4-31(24(2)40-22-26-8-6-5-7-9-26)37-32(39)36(23-33-37)29-12-10-27(11-13-29)34-18-20-35(21-19-34)28-14-16-30(17-15-28)41-25(3)38/h5-17,23-24,31H,4,18-22H2,1-3H3/t24-,31-/m1/s1. The average molecular weight is 556 g/mol. The van der Waals surface area contributed by atoms with Crippen molar-refractivity contribution in [1.29, 1.82) is 0 Å². The summed E-state index contributed by atoms with van der Waals surface area (Å²) in [5, 5.41) is 4.45. The lowest BCUT2D eigenvalue weighted by atomic mass is 10.1. The van der Waals surface area contributed by atoms with Gasteiger partial charge in [-0.25, -0.2) is 14.0 Å². The second-order valence-corrected chi connectivity index (χ2v) is 10.3. The summed E-state index contributed by atoms with van der Waals surface area (Å²) in [6.45, 7) is 9.45. The van der Waals surface area contributed by atoms with Gasteiger partial charge in [-0.05, 0) is 67.4 Å². The van der Waals surface area contributed by atoms with Crippen LogP contribution in [-0.4, -0.2) is 52.6 Å². The van der Waals surface area contributed by atoms with Crippen molar-refractivity contribution < 1.29 is 14.3 Å². The number of benzene rings is 3. The Balaban J connectivity index is 1.20. The van der Waals surface area contributed by atoms with Gasteiger partial charge in [0.05, 0.1) is 24.4 Å². The summed E-state index contributed by atoms with van der Waals surface area (Å²) in [7, 11) is 0. The highest BCUT2D eigenvalue weighted by Gasteiger charge is 2.23. The number of esters is 1. The van der Waals surface area contributed by atoms with Gasteiger partial charge in [0.2, 0.25) is 0 Å². The summed E-state index contributed by atoms with van der Waals surface area (Å²) < 4.78 is 14.4. The molecule has 0 amide bonds. The molecule has 2 heterocycles. The molecule has 0 saturated carbocycles. The molecule has 214 valence electrons. The zero-order chi connectivity index (χ0) is 28.8. The van der Waals surface area contributed by atoms with Crippen LogP contribution in [0.1, 0.15) is 38.8 Å². The van der Waals surface area contributed by atoms with Crippen molar-refractivity contribution in [1.82, 2.24) is 14.3 Å². The molecule has 1 saturated heterocycles. The topological polar surface area (TPSA) is 81.8 Å². The first-order valence-electron chi connectivity index (χ1n) is 14.1. The van der Waals surface area contributed by atoms with Crippen molar-refractivity contribution in [2.45, 2.75) is 45.9 Å². The van der Waals surface area contributed by atoms with E-state index in [4.69, 9.17) is 9.47 Å². The summed E-state index contributed by atoms with van der Waals surface area (Å²) in [5.41, 5.74) is 3.94. The summed E-state index contributed by atoms with van der Waals surface area (Å²) in [6.07, 6.45) is 2.15. The molecule has 1 aromatic heterocycles. The lowest BCUT2D eigenvalue weighted by molar-refractivity contribution is -0.131. The smallest absolute Gasteiger partial charge is 0.350 e. The van der Waals surface area contributed by atoms with Crippen molar-refractivity contribution >= 4 is 17.3 Å². The number of aromatic nitrogens is 3. The minimum Gasteiger partial charge on any atom is -0.427 e. The molecule has 5 rings (SSSR count). The maximum absolute atomic E-state index is 13.3. The Hall–Kier alpha value is -4.37. The molecule has 4 aromatic rings. The van der Waals surface area contributed by atoms with Gasteiger partial charge in [-0.2, -0.15) is 5.10 Å². The molecule has 0 aliphatic carbocycles. The van der Waals surface area contributed by atoms with E-state index in [1.165, 1.54) is 6.92 Å².